The van der Waals surface area contributed by atoms with Crippen molar-refractivity contribution in [3.05, 3.63) is 65.5 Å². The Bertz CT molecular complexity index is 856. The number of hydrogen-bond acceptors (Lipinski definition) is 2. The minimum Gasteiger partial charge on any atom is -0.375 e. The smallest absolute Gasteiger partial charge is 0.0691 e. The first-order chi connectivity index (χ1) is 15.8. The number of benzene rings is 1. The molecular weight excluding hydrogens is 390 g/mol. The fourth-order valence-corrected chi connectivity index (χ4v) is 7.16. The molecule has 1 aliphatic heterocycles. The van der Waals surface area contributed by atoms with E-state index in [0.29, 0.717) is 0 Å². The molecular formula is C30H41NO. The molecule has 1 aromatic carbocycles. The van der Waals surface area contributed by atoms with E-state index in [-0.39, 0.29) is 11.0 Å². The summed E-state index contributed by atoms with van der Waals surface area (Å²) in [4.78, 5) is 4.87. The molecule has 172 valence electrons. The fourth-order valence-electron chi connectivity index (χ4n) is 7.16. The van der Waals surface area contributed by atoms with Crippen molar-refractivity contribution in [2.45, 2.75) is 113 Å². The lowest BCUT2D eigenvalue weighted by molar-refractivity contribution is -0.104. The summed E-state index contributed by atoms with van der Waals surface area (Å²) in [6, 6.07) is 15.7. The molecule has 2 atom stereocenters. The van der Waals surface area contributed by atoms with Gasteiger partial charge in [-0.2, -0.15) is 0 Å². The SMILES string of the molecule is c1ccc([C@]2(CCCCCC[C@@H]3CCCc4ccccc43)CCOC3(CCCC3)C2)nc1. The van der Waals surface area contributed by atoms with Crippen LogP contribution in [0.2, 0.25) is 0 Å². The molecule has 2 aliphatic carbocycles. The number of ether oxygens (including phenoxy) is 1. The summed E-state index contributed by atoms with van der Waals surface area (Å²) >= 11 is 0. The fraction of sp³-hybridized carbons (Fsp3) is 0.633. The van der Waals surface area contributed by atoms with Crippen LogP contribution < -0.4 is 0 Å². The molecule has 5 rings (SSSR count). The van der Waals surface area contributed by atoms with Crippen LogP contribution in [-0.2, 0) is 16.6 Å². The third-order valence-electron chi connectivity index (χ3n) is 8.82. The Hall–Kier alpha value is -1.67. The Morgan fingerprint density at radius 3 is 2.59 bits per heavy atom. The molecule has 1 saturated carbocycles. The Morgan fingerprint density at radius 2 is 1.72 bits per heavy atom. The van der Waals surface area contributed by atoms with Crippen molar-refractivity contribution in [1.29, 1.82) is 0 Å². The number of aromatic nitrogens is 1. The summed E-state index contributed by atoms with van der Waals surface area (Å²) in [6.45, 7) is 0.914. The van der Waals surface area contributed by atoms with Gasteiger partial charge in [0.2, 0.25) is 0 Å². The van der Waals surface area contributed by atoms with E-state index in [4.69, 9.17) is 9.72 Å². The molecule has 2 fully saturated rings. The van der Waals surface area contributed by atoms with Crippen LogP contribution in [0.5, 0.6) is 0 Å². The van der Waals surface area contributed by atoms with Crippen molar-refractivity contribution in [2.75, 3.05) is 6.61 Å². The molecule has 2 nitrogen and oxygen atoms in total. The van der Waals surface area contributed by atoms with Gasteiger partial charge in [0.15, 0.2) is 0 Å². The maximum atomic E-state index is 6.42. The minimum atomic E-state index is 0.143. The quantitative estimate of drug-likeness (QED) is 0.396. The highest BCUT2D eigenvalue weighted by Gasteiger charge is 2.48. The summed E-state index contributed by atoms with van der Waals surface area (Å²) in [6.07, 6.45) is 21.6. The highest BCUT2D eigenvalue weighted by Crippen LogP contribution is 2.50. The van der Waals surface area contributed by atoms with Crippen LogP contribution in [0.15, 0.2) is 48.7 Å². The summed E-state index contributed by atoms with van der Waals surface area (Å²) in [7, 11) is 0. The van der Waals surface area contributed by atoms with Gasteiger partial charge in [0, 0.05) is 23.9 Å². The van der Waals surface area contributed by atoms with Gasteiger partial charge in [-0.25, -0.2) is 0 Å². The largest absolute Gasteiger partial charge is 0.375 e. The van der Waals surface area contributed by atoms with Gasteiger partial charge in [-0.15, -0.1) is 0 Å². The second-order valence-electron chi connectivity index (χ2n) is 10.9. The van der Waals surface area contributed by atoms with E-state index in [1.54, 1.807) is 11.1 Å². The maximum Gasteiger partial charge on any atom is 0.0691 e. The lowest BCUT2D eigenvalue weighted by Crippen LogP contribution is -2.46. The Labute approximate surface area is 195 Å². The van der Waals surface area contributed by atoms with Crippen molar-refractivity contribution in [3.8, 4) is 0 Å². The van der Waals surface area contributed by atoms with Gasteiger partial charge in [0.05, 0.1) is 5.60 Å². The number of hydrogen-bond donors (Lipinski definition) is 0. The molecule has 0 N–H and O–H groups in total. The maximum absolute atomic E-state index is 6.42. The second-order valence-corrected chi connectivity index (χ2v) is 10.9. The first-order valence-corrected chi connectivity index (χ1v) is 13.4. The van der Waals surface area contributed by atoms with Crippen LogP contribution in [0, 0.1) is 0 Å². The molecule has 0 bridgehead atoms. The third kappa shape index (κ3) is 4.81. The normalized spacial score (nSPS) is 26.8. The number of rotatable bonds is 8. The van der Waals surface area contributed by atoms with Crippen LogP contribution in [-0.4, -0.2) is 17.2 Å². The van der Waals surface area contributed by atoms with E-state index in [1.165, 1.54) is 95.6 Å². The summed E-state index contributed by atoms with van der Waals surface area (Å²) in [5.41, 5.74) is 4.96. The Morgan fingerprint density at radius 1 is 0.875 bits per heavy atom. The van der Waals surface area contributed by atoms with Crippen molar-refractivity contribution in [1.82, 2.24) is 4.98 Å². The molecule has 1 aromatic heterocycles. The number of unbranched alkanes of at least 4 members (excludes halogenated alkanes) is 3. The van der Waals surface area contributed by atoms with Gasteiger partial charge in [-0.05, 0) is 87.0 Å². The van der Waals surface area contributed by atoms with Crippen molar-refractivity contribution < 1.29 is 4.74 Å². The molecule has 2 heteroatoms. The summed E-state index contributed by atoms with van der Waals surface area (Å²) < 4.78 is 6.42. The number of nitrogens with zero attached hydrogens (tertiary/aromatic N) is 1. The minimum absolute atomic E-state index is 0.143. The van der Waals surface area contributed by atoms with Gasteiger partial charge < -0.3 is 4.74 Å². The highest BCUT2D eigenvalue weighted by atomic mass is 16.5. The number of pyridine rings is 1. The van der Waals surface area contributed by atoms with E-state index < -0.39 is 0 Å². The second kappa shape index (κ2) is 10.1. The molecule has 0 radical (unpaired) electrons. The van der Waals surface area contributed by atoms with Crippen LogP contribution >= 0.6 is 0 Å². The first-order valence-electron chi connectivity index (χ1n) is 13.4. The van der Waals surface area contributed by atoms with E-state index in [9.17, 15) is 0 Å². The van der Waals surface area contributed by atoms with Gasteiger partial charge in [0.1, 0.15) is 0 Å². The summed E-state index contributed by atoms with van der Waals surface area (Å²) in [5, 5.41) is 0. The third-order valence-corrected chi connectivity index (χ3v) is 8.82. The van der Waals surface area contributed by atoms with E-state index in [0.717, 1.165) is 18.9 Å². The van der Waals surface area contributed by atoms with Crippen LogP contribution in [0.25, 0.3) is 0 Å². The molecule has 2 aromatic rings. The Kier molecular flexibility index (Phi) is 6.97. The van der Waals surface area contributed by atoms with Gasteiger partial charge >= 0.3 is 0 Å². The average molecular weight is 432 g/mol. The first kappa shape index (κ1) is 22.1. The van der Waals surface area contributed by atoms with Crippen molar-refractivity contribution in [3.63, 3.8) is 0 Å². The molecule has 1 saturated heterocycles. The van der Waals surface area contributed by atoms with Crippen LogP contribution in [0.3, 0.4) is 0 Å². The highest BCUT2D eigenvalue weighted by molar-refractivity contribution is 5.32. The van der Waals surface area contributed by atoms with Crippen molar-refractivity contribution in [2.24, 2.45) is 0 Å². The molecule has 0 amide bonds. The van der Waals surface area contributed by atoms with Crippen LogP contribution in [0.4, 0.5) is 0 Å². The van der Waals surface area contributed by atoms with E-state index >= 15 is 0 Å². The topological polar surface area (TPSA) is 22.1 Å². The number of fused-ring (bicyclic) bond motifs is 1. The van der Waals surface area contributed by atoms with Crippen LogP contribution in [0.1, 0.15) is 113 Å². The zero-order valence-corrected chi connectivity index (χ0v) is 19.9. The Balaban J connectivity index is 1.15. The van der Waals surface area contributed by atoms with Gasteiger partial charge in [-0.3, -0.25) is 4.98 Å². The molecule has 2 heterocycles. The number of aryl methyl sites for hydroxylation is 1. The van der Waals surface area contributed by atoms with Gasteiger partial charge in [-0.1, -0.05) is 68.9 Å². The van der Waals surface area contributed by atoms with E-state index in [2.05, 4.69) is 42.5 Å². The molecule has 3 aliphatic rings. The standard InChI is InChI=1S/C30H41NO/c1(3-12-25-14-11-15-26-13-4-5-16-27(25)26)2-7-18-29(28-17-6-10-22-31-28)21-23-32-30(24-29)19-8-9-20-30/h4-6,10,13,16-17,22,25H,1-3,7-9,11-12,14-15,18-21,23-24H2/t25-,29-/m1/s1. The molecule has 0 unspecified atom stereocenters. The average Bonchev–Trinajstić information content (AvgIpc) is 3.29. The molecule has 32 heavy (non-hydrogen) atoms. The van der Waals surface area contributed by atoms with Crippen molar-refractivity contribution >= 4 is 0 Å². The lowest BCUT2D eigenvalue weighted by atomic mass is 9.67. The predicted molar refractivity (Wildman–Crippen MR) is 132 cm³/mol. The summed E-state index contributed by atoms with van der Waals surface area (Å²) in [5.74, 6) is 0.803. The lowest BCUT2D eigenvalue weighted by Gasteiger charge is -2.46. The monoisotopic (exact) mass is 431 g/mol. The zero-order chi connectivity index (χ0) is 21.7. The molecule has 1 spiro atoms. The predicted octanol–water partition coefficient (Wildman–Crippen LogP) is 7.90. The zero-order valence-electron chi connectivity index (χ0n) is 19.9. The van der Waals surface area contributed by atoms with Gasteiger partial charge in [0.25, 0.3) is 0 Å². The van der Waals surface area contributed by atoms with E-state index in [1.807, 2.05) is 6.20 Å².